The molecule has 7 nitrogen and oxygen atoms in total. The fourth-order valence-electron chi connectivity index (χ4n) is 1.94. The molecule has 1 aromatic carbocycles. The van der Waals surface area contributed by atoms with Gasteiger partial charge in [0.25, 0.3) is 5.91 Å². The number of nitrogens with zero attached hydrogens (tertiary/aromatic N) is 4. The molecule has 0 aliphatic heterocycles. The molecule has 0 fully saturated rings. The maximum Gasteiger partial charge on any atom is 0.280 e. The minimum absolute atomic E-state index is 0.0215. The summed E-state index contributed by atoms with van der Waals surface area (Å²) in [5, 5.41) is 12.7. The standard InChI is InChI=1S/C16H11N5O2/c17-8-12-9-20-21(15(12)18)16(22)11-3-5-13(6-4-11)23-14-2-1-7-19-10-14/h1-7,9-10H,18H2. The van der Waals surface area contributed by atoms with Gasteiger partial charge in [-0.3, -0.25) is 9.78 Å². The molecule has 3 aromatic rings. The highest BCUT2D eigenvalue weighted by Crippen LogP contribution is 2.21. The molecule has 23 heavy (non-hydrogen) atoms. The highest BCUT2D eigenvalue weighted by Gasteiger charge is 2.15. The van der Waals surface area contributed by atoms with E-state index in [1.807, 2.05) is 6.07 Å². The van der Waals surface area contributed by atoms with Crippen molar-refractivity contribution < 1.29 is 9.53 Å². The van der Waals surface area contributed by atoms with Gasteiger partial charge in [0.15, 0.2) is 0 Å². The van der Waals surface area contributed by atoms with E-state index in [1.54, 1.807) is 48.8 Å². The van der Waals surface area contributed by atoms with E-state index in [-0.39, 0.29) is 11.4 Å². The lowest BCUT2D eigenvalue weighted by atomic mass is 10.2. The van der Waals surface area contributed by atoms with Gasteiger partial charge in [-0.05, 0) is 36.4 Å². The first-order valence-corrected chi connectivity index (χ1v) is 6.65. The van der Waals surface area contributed by atoms with Crippen LogP contribution in [0.5, 0.6) is 11.5 Å². The minimum Gasteiger partial charge on any atom is -0.456 e. The van der Waals surface area contributed by atoms with Crippen molar-refractivity contribution in [3.63, 3.8) is 0 Å². The summed E-state index contributed by atoms with van der Waals surface area (Å²) in [6, 6.07) is 11.9. The highest BCUT2D eigenvalue weighted by molar-refractivity contribution is 5.97. The lowest BCUT2D eigenvalue weighted by molar-refractivity contribution is 0.0948. The second kappa shape index (κ2) is 5.99. The topological polar surface area (TPSA) is 107 Å². The second-order valence-electron chi connectivity index (χ2n) is 4.59. The Morgan fingerprint density at radius 2 is 1.96 bits per heavy atom. The number of benzene rings is 1. The molecule has 0 aliphatic carbocycles. The number of carbonyl (C=O) groups excluding carboxylic acids is 1. The summed E-state index contributed by atoms with van der Waals surface area (Å²) in [6.07, 6.45) is 4.50. The third-order valence-electron chi connectivity index (χ3n) is 3.09. The van der Waals surface area contributed by atoms with Crippen molar-refractivity contribution in [2.75, 3.05) is 5.73 Å². The van der Waals surface area contributed by atoms with E-state index in [0.29, 0.717) is 17.1 Å². The van der Waals surface area contributed by atoms with E-state index in [0.717, 1.165) is 4.68 Å². The van der Waals surface area contributed by atoms with Crippen LogP contribution in [-0.4, -0.2) is 20.7 Å². The van der Waals surface area contributed by atoms with Gasteiger partial charge in [0.2, 0.25) is 0 Å². The number of carbonyl (C=O) groups is 1. The molecule has 0 amide bonds. The van der Waals surface area contributed by atoms with Gasteiger partial charge in [-0.25, -0.2) is 0 Å². The van der Waals surface area contributed by atoms with Crippen molar-refractivity contribution in [3.05, 3.63) is 66.1 Å². The molecule has 0 bridgehead atoms. The van der Waals surface area contributed by atoms with Crippen LogP contribution in [-0.2, 0) is 0 Å². The van der Waals surface area contributed by atoms with Crippen LogP contribution in [0.2, 0.25) is 0 Å². The summed E-state index contributed by atoms with van der Waals surface area (Å²) in [5.74, 6) is 0.771. The average Bonchev–Trinajstić information content (AvgIpc) is 2.96. The Morgan fingerprint density at radius 1 is 1.17 bits per heavy atom. The van der Waals surface area contributed by atoms with Crippen molar-refractivity contribution in [2.45, 2.75) is 0 Å². The third kappa shape index (κ3) is 2.87. The normalized spacial score (nSPS) is 10.0. The third-order valence-corrected chi connectivity index (χ3v) is 3.09. The SMILES string of the molecule is N#Cc1cnn(C(=O)c2ccc(Oc3cccnc3)cc2)c1N. The molecule has 0 saturated heterocycles. The molecule has 0 unspecified atom stereocenters. The number of pyridine rings is 1. The van der Waals surface area contributed by atoms with Crippen LogP contribution in [0, 0.1) is 11.3 Å². The van der Waals surface area contributed by atoms with Crippen molar-refractivity contribution in [1.29, 1.82) is 5.26 Å². The summed E-state index contributed by atoms with van der Waals surface area (Å²) in [7, 11) is 0. The first kappa shape index (κ1) is 14.3. The van der Waals surface area contributed by atoms with Gasteiger partial charge in [0, 0.05) is 11.8 Å². The van der Waals surface area contributed by atoms with Gasteiger partial charge in [-0.15, -0.1) is 0 Å². The van der Waals surface area contributed by atoms with Gasteiger partial charge in [-0.1, -0.05) is 0 Å². The second-order valence-corrected chi connectivity index (χ2v) is 4.59. The van der Waals surface area contributed by atoms with Crippen LogP contribution in [0.25, 0.3) is 0 Å². The summed E-state index contributed by atoms with van der Waals surface area (Å²) < 4.78 is 6.60. The van der Waals surface area contributed by atoms with Crippen LogP contribution in [0.3, 0.4) is 0 Å². The Bertz CT molecular complexity index is 879. The Hall–Kier alpha value is -3.66. The monoisotopic (exact) mass is 305 g/mol. The predicted octanol–water partition coefficient (Wildman–Crippen LogP) is 2.21. The molecule has 0 spiro atoms. The number of rotatable bonds is 3. The summed E-state index contributed by atoms with van der Waals surface area (Å²) in [6.45, 7) is 0. The molecule has 112 valence electrons. The Morgan fingerprint density at radius 3 is 2.57 bits per heavy atom. The average molecular weight is 305 g/mol. The van der Waals surface area contributed by atoms with Crippen LogP contribution < -0.4 is 10.5 Å². The molecule has 7 heteroatoms. The Kier molecular flexibility index (Phi) is 3.72. The quantitative estimate of drug-likeness (QED) is 0.795. The van der Waals surface area contributed by atoms with E-state index in [9.17, 15) is 4.79 Å². The Balaban J connectivity index is 1.80. The molecule has 0 aliphatic rings. The van der Waals surface area contributed by atoms with Crippen LogP contribution >= 0.6 is 0 Å². The lowest BCUT2D eigenvalue weighted by Crippen LogP contribution is -2.16. The molecule has 2 N–H and O–H groups in total. The van der Waals surface area contributed by atoms with Crippen LogP contribution in [0.15, 0.2) is 55.0 Å². The van der Waals surface area contributed by atoms with Crippen LogP contribution in [0.1, 0.15) is 15.9 Å². The first-order chi connectivity index (χ1) is 11.2. The molecular formula is C16H11N5O2. The van der Waals surface area contributed by atoms with E-state index in [4.69, 9.17) is 15.7 Å². The number of nitriles is 1. The zero-order valence-electron chi connectivity index (χ0n) is 11.9. The maximum atomic E-state index is 12.3. The predicted molar refractivity (Wildman–Crippen MR) is 81.8 cm³/mol. The minimum atomic E-state index is -0.420. The molecule has 3 rings (SSSR count). The number of hydrogen-bond donors (Lipinski definition) is 1. The van der Waals surface area contributed by atoms with Crippen molar-refractivity contribution in [1.82, 2.24) is 14.8 Å². The number of aromatic nitrogens is 3. The number of anilines is 1. The van der Waals surface area contributed by atoms with Crippen molar-refractivity contribution >= 4 is 11.7 Å². The van der Waals surface area contributed by atoms with E-state index < -0.39 is 5.91 Å². The number of hydrogen-bond acceptors (Lipinski definition) is 6. The number of nitrogen functional groups attached to an aromatic ring is 1. The van der Waals surface area contributed by atoms with Crippen molar-refractivity contribution in [2.24, 2.45) is 0 Å². The molecule has 0 atom stereocenters. The summed E-state index contributed by atoms with van der Waals surface area (Å²) >= 11 is 0. The van der Waals surface area contributed by atoms with Crippen LogP contribution in [0.4, 0.5) is 5.82 Å². The Labute approximate surface area is 131 Å². The number of nitrogens with two attached hydrogens (primary N) is 1. The van der Waals surface area contributed by atoms with Gasteiger partial charge < -0.3 is 10.5 Å². The van der Waals surface area contributed by atoms with E-state index in [1.165, 1.54) is 6.20 Å². The molecule has 2 heterocycles. The molecule has 0 radical (unpaired) electrons. The molecule has 2 aromatic heterocycles. The zero-order chi connectivity index (χ0) is 16.2. The zero-order valence-corrected chi connectivity index (χ0v) is 11.9. The van der Waals surface area contributed by atoms with Gasteiger partial charge >= 0.3 is 0 Å². The summed E-state index contributed by atoms with van der Waals surface area (Å²) in [5.41, 5.74) is 6.25. The van der Waals surface area contributed by atoms with Crippen molar-refractivity contribution in [3.8, 4) is 17.6 Å². The largest absolute Gasteiger partial charge is 0.456 e. The van der Waals surface area contributed by atoms with E-state index >= 15 is 0 Å². The molecular weight excluding hydrogens is 294 g/mol. The van der Waals surface area contributed by atoms with Gasteiger partial charge in [-0.2, -0.15) is 15.0 Å². The molecule has 0 saturated carbocycles. The summed E-state index contributed by atoms with van der Waals surface area (Å²) in [4.78, 5) is 16.3. The van der Waals surface area contributed by atoms with Gasteiger partial charge in [0.05, 0.1) is 12.4 Å². The lowest BCUT2D eigenvalue weighted by Gasteiger charge is -2.06. The smallest absolute Gasteiger partial charge is 0.280 e. The first-order valence-electron chi connectivity index (χ1n) is 6.65. The van der Waals surface area contributed by atoms with E-state index in [2.05, 4.69) is 10.1 Å². The highest BCUT2D eigenvalue weighted by atomic mass is 16.5. The maximum absolute atomic E-state index is 12.3. The fraction of sp³-hybridized carbons (Fsp3) is 0. The fourth-order valence-corrected chi connectivity index (χ4v) is 1.94. The number of ether oxygens (including phenoxy) is 1. The van der Waals surface area contributed by atoms with Gasteiger partial charge in [0.1, 0.15) is 28.9 Å².